The van der Waals surface area contributed by atoms with Gasteiger partial charge < -0.3 is 4.42 Å². The summed E-state index contributed by atoms with van der Waals surface area (Å²) in [5.74, 6) is 0.0586. The molecule has 1 amide bonds. The van der Waals surface area contributed by atoms with E-state index >= 15 is 0 Å². The molecule has 1 heterocycles. The number of halogens is 3. The highest BCUT2D eigenvalue weighted by Gasteiger charge is 2.33. The molecule has 0 aliphatic carbocycles. The zero-order valence-electron chi connectivity index (χ0n) is 16.8. The number of alkyl halides is 3. The lowest BCUT2D eigenvalue weighted by atomic mass is 10.1. The van der Waals surface area contributed by atoms with Gasteiger partial charge in [-0.3, -0.25) is 15.6 Å². The van der Waals surface area contributed by atoms with Crippen molar-refractivity contribution in [3.8, 4) is 22.9 Å². The molecule has 0 fully saturated rings. The second-order valence-electron chi connectivity index (χ2n) is 6.98. The van der Waals surface area contributed by atoms with Crippen LogP contribution in [0.1, 0.15) is 21.5 Å². The van der Waals surface area contributed by atoms with Gasteiger partial charge in [0.25, 0.3) is 5.91 Å². The molecule has 6 nitrogen and oxygen atoms in total. The number of carbonyl (C=O) groups excluding carboxylic acids is 1. The minimum absolute atomic E-state index is 0.240. The number of hydrazine groups is 1. The standard InChI is InChI=1S/C23H17F3N4O2/c1-14-5-4-6-17(13-14)22-30-29-21(32-22)16-11-9-15(10-12-16)20(31)28-27-19-8-3-2-7-18(19)23(24,25)26/h2-13,27H,1H3,(H,28,31). The van der Waals surface area contributed by atoms with E-state index in [4.69, 9.17) is 4.42 Å². The summed E-state index contributed by atoms with van der Waals surface area (Å²) in [4.78, 5) is 12.3. The van der Waals surface area contributed by atoms with Gasteiger partial charge in [0.2, 0.25) is 11.8 Å². The van der Waals surface area contributed by atoms with Gasteiger partial charge >= 0.3 is 6.18 Å². The van der Waals surface area contributed by atoms with Gasteiger partial charge in [0.15, 0.2) is 0 Å². The van der Waals surface area contributed by atoms with Crippen molar-refractivity contribution in [3.63, 3.8) is 0 Å². The van der Waals surface area contributed by atoms with Crippen molar-refractivity contribution >= 4 is 11.6 Å². The van der Waals surface area contributed by atoms with Gasteiger partial charge in [-0.25, -0.2) is 0 Å². The average Bonchev–Trinajstić information content (AvgIpc) is 3.27. The first-order valence-corrected chi connectivity index (χ1v) is 9.55. The van der Waals surface area contributed by atoms with Crippen LogP contribution < -0.4 is 10.9 Å². The molecule has 0 radical (unpaired) electrons. The average molecular weight is 438 g/mol. The summed E-state index contributed by atoms with van der Waals surface area (Å²) in [5.41, 5.74) is 6.17. The number of carbonyl (C=O) groups is 1. The predicted octanol–water partition coefficient (Wildman–Crippen LogP) is 5.49. The Morgan fingerprint density at radius 3 is 2.25 bits per heavy atom. The zero-order valence-corrected chi connectivity index (χ0v) is 16.8. The van der Waals surface area contributed by atoms with Crippen LogP contribution in [0.2, 0.25) is 0 Å². The maximum atomic E-state index is 13.1. The summed E-state index contributed by atoms with van der Waals surface area (Å²) < 4.78 is 44.9. The van der Waals surface area contributed by atoms with E-state index in [1.54, 1.807) is 12.1 Å². The number of amides is 1. The molecule has 3 aromatic carbocycles. The summed E-state index contributed by atoms with van der Waals surface area (Å²) in [5, 5.41) is 8.09. The third-order valence-electron chi connectivity index (χ3n) is 4.63. The van der Waals surface area contributed by atoms with Crippen LogP contribution in [0.15, 0.2) is 77.2 Å². The summed E-state index contributed by atoms with van der Waals surface area (Å²) in [7, 11) is 0. The number of hydrogen-bond acceptors (Lipinski definition) is 5. The van der Waals surface area contributed by atoms with E-state index in [0.717, 1.165) is 17.2 Å². The van der Waals surface area contributed by atoms with Crippen molar-refractivity contribution < 1.29 is 22.4 Å². The number of aryl methyl sites for hydroxylation is 1. The van der Waals surface area contributed by atoms with E-state index in [2.05, 4.69) is 21.0 Å². The molecule has 0 atom stereocenters. The Balaban J connectivity index is 1.45. The summed E-state index contributed by atoms with van der Waals surface area (Å²) in [6, 6.07) is 18.8. The first-order chi connectivity index (χ1) is 15.3. The van der Waals surface area contributed by atoms with Gasteiger partial charge in [-0.05, 0) is 55.5 Å². The molecular formula is C23H17F3N4O2. The van der Waals surface area contributed by atoms with Crippen molar-refractivity contribution in [3.05, 3.63) is 89.5 Å². The first-order valence-electron chi connectivity index (χ1n) is 9.55. The lowest BCUT2D eigenvalue weighted by Crippen LogP contribution is -2.30. The summed E-state index contributed by atoms with van der Waals surface area (Å²) >= 11 is 0. The highest BCUT2D eigenvalue weighted by Crippen LogP contribution is 2.34. The minimum Gasteiger partial charge on any atom is -0.416 e. The lowest BCUT2D eigenvalue weighted by Gasteiger charge is -2.15. The van der Waals surface area contributed by atoms with Crippen molar-refractivity contribution in [2.75, 3.05) is 5.43 Å². The van der Waals surface area contributed by atoms with Crippen LogP contribution in [0.4, 0.5) is 18.9 Å². The molecule has 0 unspecified atom stereocenters. The molecule has 0 saturated heterocycles. The Morgan fingerprint density at radius 1 is 0.875 bits per heavy atom. The van der Waals surface area contributed by atoms with Gasteiger partial charge in [-0.2, -0.15) is 13.2 Å². The number of aromatic nitrogens is 2. The number of hydrogen-bond donors (Lipinski definition) is 2. The molecule has 32 heavy (non-hydrogen) atoms. The largest absolute Gasteiger partial charge is 0.418 e. The molecule has 4 aromatic rings. The van der Waals surface area contributed by atoms with Crippen LogP contribution in [0, 0.1) is 6.92 Å². The minimum atomic E-state index is -4.54. The predicted molar refractivity (Wildman–Crippen MR) is 112 cm³/mol. The van der Waals surface area contributed by atoms with Crippen LogP contribution in [0.3, 0.4) is 0 Å². The van der Waals surface area contributed by atoms with E-state index in [1.807, 2.05) is 31.2 Å². The Morgan fingerprint density at radius 2 is 1.56 bits per heavy atom. The zero-order chi connectivity index (χ0) is 22.7. The maximum Gasteiger partial charge on any atom is 0.418 e. The Bertz CT molecular complexity index is 1250. The monoisotopic (exact) mass is 438 g/mol. The molecule has 0 aliphatic rings. The third kappa shape index (κ3) is 4.61. The number of rotatable bonds is 5. The quantitative estimate of drug-likeness (QED) is 0.403. The van der Waals surface area contributed by atoms with Crippen molar-refractivity contribution in [1.29, 1.82) is 0 Å². The third-order valence-corrected chi connectivity index (χ3v) is 4.63. The van der Waals surface area contributed by atoms with E-state index in [1.165, 1.54) is 30.3 Å². The Kier molecular flexibility index (Phi) is 5.63. The van der Waals surface area contributed by atoms with Crippen molar-refractivity contribution in [2.24, 2.45) is 0 Å². The van der Waals surface area contributed by atoms with E-state index in [9.17, 15) is 18.0 Å². The van der Waals surface area contributed by atoms with Crippen LogP contribution >= 0.6 is 0 Å². The number of anilines is 1. The number of benzene rings is 3. The van der Waals surface area contributed by atoms with Gasteiger partial charge in [-0.15, -0.1) is 10.2 Å². The molecule has 0 bridgehead atoms. The van der Waals surface area contributed by atoms with Crippen molar-refractivity contribution in [1.82, 2.24) is 15.6 Å². The molecular weight excluding hydrogens is 421 g/mol. The molecule has 2 N–H and O–H groups in total. The molecule has 0 aliphatic heterocycles. The Labute approximate surface area is 181 Å². The molecule has 162 valence electrons. The fourth-order valence-corrected chi connectivity index (χ4v) is 3.03. The first kappa shape index (κ1) is 21.1. The Hall–Kier alpha value is -4.14. The topological polar surface area (TPSA) is 80.0 Å². The second kappa shape index (κ2) is 8.54. The summed E-state index contributed by atoms with van der Waals surface area (Å²) in [6.45, 7) is 1.96. The fourth-order valence-electron chi connectivity index (χ4n) is 3.03. The lowest BCUT2D eigenvalue weighted by molar-refractivity contribution is -0.137. The SMILES string of the molecule is Cc1cccc(-c2nnc(-c3ccc(C(=O)NNc4ccccc4C(F)(F)F)cc3)o2)c1. The van der Waals surface area contributed by atoms with Crippen molar-refractivity contribution in [2.45, 2.75) is 13.1 Å². The molecule has 1 aromatic heterocycles. The fraction of sp³-hybridized carbons (Fsp3) is 0.0870. The molecule has 4 rings (SSSR count). The number of para-hydroxylation sites is 1. The normalized spacial score (nSPS) is 11.2. The number of nitrogens with zero attached hydrogens (tertiary/aromatic N) is 2. The van der Waals surface area contributed by atoms with Crippen LogP contribution in [-0.2, 0) is 6.18 Å². The van der Waals surface area contributed by atoms with Gasteiger partial charge in [0.1, 0.15) is 0 Å². The van der Waals surface area contributed by atoms with Crippen LogP contribution in [-0.4, -0.2) is 16.1 Å². The van der Waals surface area contributed by atoms with E-state index in [0.29, 0.717) is 11.5 Å². The van der Waals surface area contributed by atoms with E-state index < -0.39 is 17.6 Å². The van der Waals surface area contributed by atoms with Gasteiger partial charge in [-0.1, -0.05) is 29.8 Å². The second-order valence-corrected chi connectivity index (χ2v) is 6.98. The van der Waals surface area contributed by atoms with Crippen LogP contribution in [0.5, 0.6) is 0 Å². The smallest absolute Gasteiger partial charge is 0.416 e. The highest BCUT2D eigenvalue weighted by molar-refractivity contribution is 5.95. The van der Waals surface area contributed by atoms with Gasteiger partial charge in [0, 0.05) is 16.7 Å². The highest BCUT2D eigenvalue weighted by atomic mass is 19.4. The maximum absolute atomic E-state index is 13.1. The van der Waals surface area contributed by atoms with Gasteiger partial charge in [0.05, 0.1) is 11.3 Å². The van der Waals surface area contributed by atoms with Crippen LogP contribution in [0.25, 0.3) is 22.9 Å². The molecule has 0 saturated carbocycles. The summed E-state index contributed by atoms with van der Waals surface area (Å²) in [6.07, 6.45) is -4.54. The molecule has 9 heteroatoms. The molecule has 0 spiro atoms. The number of nitrogens with one attached hydrogen (secondary N) is 2. The van der Waals surface area contributed by atoms with E-state index in [-0.39, 0.29) is 17.1 Å².